The number of piperidine rings is 1. The van der Waals surface area contributed by atoms with Crippen molar-refractivity contribution in [1.82, 2.24) is 15.1 Å². The monoisotopic (exact) mass is 477 g/mol. The topological polar surface area (TPSA) is 105 Å². The molecule has 2 atom stereocenters. The highest BCUT2D eigenvalue weighted by Gasteiger charge is 2.34. The molecule has 0 saturated carbocycles. The van der Waals surface area contributed by atoms with Crippen LogP contribution < -0.4 is 5.32 Å². The Morgan fingerprint density at radius 3 is 2.47 bits per heavy atom. The van der Waals surface area contributed by atoms with Gasteiger partial charge in [-0.3, -0.25) is 14.4 Å². The molecule has 9 nitrogen and oxygen atoms in total. The second kappa shape index (κ2) is 12.6. The minimum absolute atomic E-state index is 0.0281. The van der Waals surface area contributed by atoms with Crippen molar-refractivity contribution >= 4 is 23.9 Å². The Morgan fingerprint density at radius 2 is 1.85 bits per heavy atom. The minimum Gasteiger partial charge on any atom is -0.465 e. The molecular formula is C25H39N3O6. The Labute approximate surface area is 202 Å². The number of amides is 3. The Balaban J connectivity index is 1.67. The van der Waals surface area contributed by atoms with E-state index < -0.39 is 17.5 Å². The minimum atomic E-state index is -0.817. The summed E-state index contributed by atoms with van der Waals surface area (Å²) in [5, 5.41) is 2.74. The predicted octanol–water partition coefficient (Wildman–Crippen LogP) is 2.19. The quantitative estimate of drug-likeness (QED) is 0.403. The Bertz CT molecular complexity index is 779. The molecule has 2 fully saturated rings. The zero-order chi connectivity index (χ0) is 25.3. The zero-order valence-electron chi connectivity index (χ0n) is 20.9. The number of esters is 1. The molecular weight excluding hydrogens is 438 g/mol. The van der Waals surface area contributed by atoms with E-state index in [0.717, 1.165) is 19.3 Å². The van der Waals surface area contributed by atoms with Gasteiger partial charge in [-0.2, -0.15) is 0 Å². The Kier molecular flexibility index (Phi) is 10.2. The number of rotatable bonds is 9. The highest BCUT2D eigenvalue weighted by atomic mass is 16.6. The number of carbonyl (C=O) groups excluding carboxylic acids is 4. The van der Waals surface area contributed by atoms with Crippen LogP contribution >= 0.6 is 0 Å². The second-order valence-electron chi connectivity index (χ2n) is 10.0. The van der Waals surface area contributed by atoms with Crippen molar-refractivity contribution in [3.63, 3.8) is 0 Å². The summed E-state index contributed by atoms with van der Waals surface area (Å²) in [5.74, 6) is 0.945. The van der Waals surface area contributed by atoms with E-state index in [9.17, 15) is 19.2 Å². The lowest BCUT2D eigenvalue weighted by Crippen LogP contribution is -2.51. The van der Waals surface area contributed by atoms with Crippen LogP contribution in [0.5, 0.6) is 0 Å². The summed E-state index contributed by atoms with van der Waals surface area (Å²) in [6, 6.07) is 0. The maximum atomic E-state index is 12.7. The van der Waals surface area contributed by atoms with Crippen molar-refractivity contribution in [1.29, 1.82) is 0 Å². The first-order valence-electron chi connectivity index (χ1n) is 12.2. The third-order valence-electron chi connectivity index (χ3n) is 6.01. The molecule has 2 heterocycles. The predicted molar refractivity (Wildman–Crippen MR) is 126 cm³/mol. The SMILES string of the molecule is C#C[C@@H](CNC(=O)[C@@H]1CCCN(C(=O)CCCC2CN(C(=O)OC(C)(C)C)C2)C1)C(=O)OCC. The van der Waals surface area contributed by atoms with Gasteiger partial charge in [0.1, 0.15) is 11.5 Å². The van der Waals surface area contributed by atoms with Crippen molar-refractivity contribution < 1.29 is 28.7 Å². The van der Waals surface area contributed by atoms with Crippen LogP contribution in [-0.2, 0) is 23.9 Å². The molecule has 3 amide bonds. The molecule has 0 aromatic rings. The fourth-order valence-corrected chi connectivity index (χ4v) is 4.15. The number of hydrogen-bond acceptors (Lipinski definition) is 6. The van der Waals surface area contributed by atoms with Gasteiger partial charge in [0.15, 0.2) is 0 Å². The van der Waals surface area contributed by atoms with Gasteiger partial charge in [-0.05, 0) is 59.3 Å². The van der Waals surface area contributed by atoms with E-state index >= 15 is 0 Å². The van der Waals surface area contributed by atoms with E-state index in [2.05, 4.69) is 11.2 Å². The Morgan fingerprint density at radius 1 is 1.15 bits per heavy atom. The van der Waals surface area contributed by atoms with Gasteiger partial charge in [0.25, 0.3) is 0 Å². The molecule has 0 aromatic heterocycles. The van der Waals surface area contributed by atoms with Crippen molar-refractivity contribution in [3.8, 4) is 12.3 Å². The maximum absolute atomic E-state index is 12.7. The van der Waals surface area contributed by atoms with Gasteiger partial charge < -0.3 is 24.6 Å². The summed E-state index contributed by atoms with van der Waals surface area (Å²) < 4.78 is 10.3. The summed E-state index contributed by atoms with van der Waals surface area (Å²) >= 11 is 0. The fraction of sp³-hybridized carbons (Fsp3) is 0.760. The van der Waals surface area contributed by atoms with Crippen LogP contribution in [-0.4, -0.2) is 78.6 Å². The van der Waals surface area contributed by atoms with E-state index in [1.807, 2.05) is 20.8 Å². The lowest BCUT2D eigenvalue weighted by atomic mass is 9.93. The number of carbonyl (C=O) groups is 4. The lowest BCUT2D eigenvalue weighted by Gasteiger charge is -2.40. The highest BCUT2D eigenvalue weighted by molar-refractivity contribution is 5.82. The van der Waals surface area contributed by atoms with Crippen LogP contribution in [0, 0.1) is 30.1 Å². The van der Waals surface area contributed by atoms with Crippen LogP contribution in [0.2, 0.25) is 0 Å². The van der Waals surface area contributed by atoms with Crippen molar-refractivity contribution in [3.05, 3.63) is 0 Å². The first kappa shape index (κ1) is 27.5. The molecule has 0 aromatic carbocycles. The van der Waals surface area contributed by atoms with Gasteiger partial charge in [0.2, 0.25) is 11.8 Å². The fourth-order valence-electron chi connectivity index (χ4n) is 4.15. The summed E-state index contributed by atoms with van der Waals surface area (Å²) in [5.41, 5.74) is -0.498. The van der Waals surface area contributed by atoms with E-state index in [-0.39, 0.29) is 37.0 Å². The van der Waals surface area contributed by atoms with E-state index in [4.69, 9.17) is 15.9 Å². The lowest BCUT2D eigenvalue weighted by molar-refractivity contribution is -0.145. The summed E-state index contributed by atoms with van der Waals surface area (Å²) in [4.78, 5) is 52.5. The number of nitrogens with zero attached hydrogens (tertiary/aromatic N) is 2. The first-order valence-corrected chi connectivity index (χ1v) is 12.2. The van der Waals surface area contributed by atoms with E-state index in [1.54, 1.807) is 16.7 Å². The van der Waals surface area contributed by atoms with Crippen molar-refractivity contribution in [2.75, 3.05) is 39.3 Å². The summed E-state index contributed by atoms with van der Waals surface area (Å²) in [6.07, 6.45) is 8.61. The van der Waals surface area contributed by atoms with Gasteiger partial charge in [0, 0.05) is 39.1 Å². The molecule has 2 saturated heterocycles. The zero-order valence-corrected chi connectivity index (χ0v) is 20.9. The van der Waals surface area contributed by atoms with E-state index in [0.29, 0.717) is 44.9 Å². The third-order valence-corrected chi connectivity index (χ3v) is 6.01. The van der Waals surface area contributed by atoms with Gasteiger partial charge in [-0.1, -0.05) is 5.92 Å². The molecule has 2 rings (SSSR count). The highest BCUT2D eigenvalue weighted by Crippen LogP contribution is 2.24. The molecule has 1 N–H and O–H groups in total. The molecule has 2 aliphatic heterocycles. The van der Waals surface area contributed by atoms with Crippen LogP contribution in [0.1, 0.15) is 59.8 Å². The number of nitrogens with one attached hydrogen (secondary N) is 1. The van der Waals surface area contributed by atoms with Crippen LogP contribution in [0.15, 0.2) is 0 Å². The van der Waals surface area contributed by atoms with Crippen LogP contribution in [0.25, 0.3) is 0 Å². The van der Waals surface area contributed by atoms with Crippen LogP contribution in [0.3, 0.4) is 0 Å². The van der Waals surface area contributed by atoms with Crippen molar-refractivity contribution in [2.45, 2.75) is 65.4 Å². The normalized spacial score (nSPS) is 19.4. The number of hydrogen-bond donors (Lipinski definition) is 1. The maximum Gasteiger partial charge on any atom is 0.410 e. The Hall–Kier alpha value is -2.76. The molecule has 9 heteroatoms. The third kappa shape index (κ3) is 8.54. The molecule has 0 unspecified atom stereocenters. The average molecular weight is 478 g/mol. The van der Waals surface area contributed by atoms with Crippen molar-refractivity contribution in [2.24, 2.45) is 17.8 Å². The molecule has 0 bridgehead atoms. The first-order chi connectivity index (χ1) is 16.0. The largest absolute Gasteiger partial charge is 0.465 e. The number of terminal acetylenes is 1. The summed E-state index contributed by atoms with van der Waals surface area (Å²) in [7, 11) is 0. The molecule has 34 heavy (non-hydrogen) atoms. The number of ether oxygens (including phenoxy) is 2. The smallest absolute Gasteiger partial charge is 0.410 e. The molecule has 190 valence electrons. The van der Waals surface area contributed by atoms with Gasteiger partial charge in [0.05, 0.1) is 12.5 Å². The second-order valence-corrected chi connectivity index (χ2v) is 10.0. The molecule has 2 aliphatic rings. The molecule has 0 aliphatic carbocycles. The standard InChI is InChI=1S/C25H39N3O6/c1-6-19(23(31)33-7-2)14-26-22(30)20-11-9-13-27(17-20)21(29)12-8-10-18-15-28(16-18)24(32)34-25(3,4)5/h1,18-20H,7-17H2,2-5H3,(H,26,30)/t19-,20+/m0/s1. The van der Waals surface area contributed by atoms with Gasteiger partial charge in [-0.15, -0.1) is 6.42 Å². The number of likely N-dealkylation sites (tertiary alicyclic amines) is 2. The van der Waals surface area contributed by atoms with Gasteiger partial charge in [-0.25, -0.2) is 4.79 Å². The molecule has 0 radical (unpaired) electrons. The van der Waals surface area contributed by atoms with E-state index in [1.165, 1.54) is 0 Å². The summed E-state index contributed by atoms with van der Waals surface area (Å²) in [6.45, 7) is 9.85. The van der Waals surface area contributed by atoms with Gasteiger partial charge >= 0.3 is 12.1 Å². The molecule has 0 spiro atoms. The van der Waals surface area contributed by atoms with Crippen LogP contribution in [0.4, 0.5) is 4.79 Å². The average Bonchev–Trinajstić information content (AvgIpc) is 2.74.